The van der Waals surface area contributed by atoms with Gasteiger partial charge in [-0.25, -0.2) is 8.57 Å². The smallest absolute Gasteiger partial charge is 0.274 e. The summed E-state index contributed by atoms with van der Waals surface area (Å²) in [5, 5.41) is 0.859. The normalized spacial score (nSPS) is 16.0. The van der Waals surface area contributed by atoms with Gasteiger partial charge in [0, 0.05) is 48.8 Å². The number of H-pyrrole nitrogens is 1. The Kier molecular flexibility index (Phi) is 5.25. The number of aryl methyl sites for hydroxylation is 1. The Hall–Kier alpha value is -2.54. The number of hydrogen-bond acceptors (Lipinski definition) is 4. The maximum absolute atomic E-state index is 12.9. The van der Waals surface area contributed by atoms with Crippen LogP contribution < -0.4 is 10.3 Å². The molecular weight excluding hydrogens is 386 g/mol. The van der Waals surface area contributed by atoms with E-state index < -0.39 is 9.73 Å². The van der Waals surface area contributed by atoms with Gasteiger partial charge < -0.3 is 14.3 Å². The van der Waals surface area contributed by atoms with Gasteiger partial charge in [-0.3, -0.25) is 4.79 Å². The van der Waals surface area contributed by atoms with Crippen LogP contribution in [0, 0.1) is 5.92 Å². The van der Waals surface area contributed by atoms with E-state index in [4.69, 9.17) is 4.74 Å². The molecule has 2 heterocycles. The van der Waals surface area contributed by atoms with Gasteiger partial charge in [-0.2, -0.15) is 0 Å². The molecule has 29 heavy (non-hydrogen) atoms. The average molecular weight is 414 g/mol. The number of nitrogens with zero attached hydrogens (tertiary/aromatic N) is 2. The van der Waals surface area contributed by atoms with Crippen molar-refractivity contribution in [2.75, 3.05) is 19.4 Å². The lowest BCUT2D eigenvalue weighted by Gasteiger charge is -2.16. The van der Waals surface area contributed by atoms with Crippen LogP contribution in [0.15, 0.2) is 45.8 Å². The third kappa shape index (κ3) is 3.96. The van der Waals surface area contributed by atoms with Crippen LogP contribution in [0.5, 0.6) is 5.75 Å². The Morgan fingerprint density at radius 3 is 2.76 bits per heavy atom. The minimum Gasteiger partial charge on any atom is -0.493 e. The fourth-order valence-electron chi connectivity index (χ4n) is 3.54. The first-order valence-electron chi connectivity index (χ1n) is 9.97. The molecule has 7 heteroatoms. The summed E-state index contributed by atoms with van der Waals surface area (Å²) in [5.74, 6) is 2.34. The molecule has 6 nitrogen and oxygen atoms in total. The number of aromatic amines is 1. The van der Waals surface area contributed by atoms with Crippen molar-refractivity contribution < 1.29 is 8.95 Å². The fourth-order valence-corrected chi connectivity index (χ4v) is 4.83. The van der Waals surface area contributed by atoms with Crippen molar-refractivity contribution in [2.45, 2.75) is 25.5 Å². The second kappa shape index (κ2) is 7.71. The molecule has 0 radical (unpaired) electrons. The quantitative estimate of drug-likeness (QED) is 0.637. The van der Waals surface area contributed by atoms with E-state index >= 15 is 0 Å². The minimum atomic E-state index is -2.27. The summed E-state index contributed by atoms with van der Waals surface area (Å²) in [6.07, 6.45) is 6.06. The molecule has 1 aliphatic carbocycles. The molecule has 1 atom stereocenters. The van der Waals surface area contributed by atoms with Crippen molar-refractivity contribution in [2.24, 2.45) is 17.3 Å². The molecule has 1 N–H and O–H groups in total. The lowest BCUT2D eigenvalue weighted by molar-refractivity contribution is 0.301. The molecule has 0 amide bonds. The van der Waals surface area contributed by atoms with Gasteiger partial charge in [0.25, 0.3) is 5.56 Å². The molecule has 1 unspecified atom stereocenters. The maximum atomic E-state index is 12.9. The fraction of sp³-hybridized carbons (Fsp3) is 0.409. The lowest BCUT2D eigenvalue weighted by Crippen LogP contribution is -2.16. The number of aromatic nitrogens is 2. The van der Waals surface area contributed by atoms with Crippen molar-refractivity contribution in [1.82, 2.24) is 9.55 Å². The highest BCUT2D eigenvalue weighted by atomic mass is 32.2. The molecule has 0 aliphatic heterocycles. The number of nitrogens with one attached hydrogen (secondary N) is 1. The summed E-state index contributed by atoms with van der Waals surface area (Å²) in [5.41, 5.74) is 3.30. The zero-order chi connectivity index (χ0) is 20.6. The van der Waals surface area contributed by atoms with E-state index in [1.54, 1.807) is 24.9 Å². The third-order valence-electron chi connectivity index (χ3n) is 5.58. The van der Waals surface area contributed by atoms with Crippen molar-refractivity contribution in [3.05, 3.63) is 52.6 Å². The van der Waals surface area contributed by atoms with Crippen molar-refractivity contribution in [3.63, 3.8) is 0 Å². The predicted octanol–water partition coefficient (Wildman–Crippen LogP) is 3.94. The van der Waals surface area contributed by atoms with Gasteiger partial charge in [0.15, 0.2) is 0 Å². The van der Waals surface area contributed by atoms with Crippen molar-refractivity contribution >= 4 is 20.6 Å². The van der Waals surface area contributed by atoms with E-state index in [-0.39, 0.29) is 5.56 Å². The van der Waals surface area contributed by atoms with Crippen LogP contribution in [-0.4, -0.2) is 33.2 Å². The summed E-state index contributed by atoms with van der Waals surface area (Å²) < 4.78 is 24.8. The molecule has 1 aromatic carbocycles. The number of ether oxygens (including phenoxy) is 1. The molecule has 3 aromatic rings. The Morgan fingerprint density at radius 1 is 1.28 bits per heavy atom. The third-order valence-corrected chi connectivity index (χ3v) is 7.93. The van der Waals surface area contributed by atoms with Crippen LogP contribution in [0.2, 0.25) is 0 Å². The van der Waals surface area contributed by atoms with Gasteiger partial charge in [-0.1, -0.05) is 13.0 Å². The topological polar surface area (TPSA) is 76.5 Å². The van der Waals surface area contributed by atoms with Gasteiger partial charge in [-0.05, 0) is 42.5 Å². The van der Waals surface area contributed by atoms with Gasteiger partial charge in [-0.15, -0.1) is 0 Å². The molecule has 1 aliphatic rings. The monoisotopic (exact) mass is 413 g/mol. The first-order chi connectivity index (χ1) is 13.9. The zero-order valence-electron chi connectivity index (χ0n) is 17.1. The van der Waals surface area contributed by atoms with E-state index in [2.05, 4.69) is 9.35 Å². The second-order valence-electron chi connectivity index (χ2n) is 7.70. The average Bonchev–Trinajstić information content (AvgIpc) is 3.43. The summed E-state index contributed by atoms with van der Waals surface area (Å²) in [6.45, 7) is 2.60. The molecule has 1 saturated carbocycles. The van der Waals surface area contributed by atoms with Crippen LogP contribution in [0.25, 0.3) is 22.0 Å². The van der Waals surface area contributed by atoms with Crippen molar-refractivity contribution in [1.29, 1.82) is 0 Å². The molecule has 0 bridgehead atoms. The van der Waals surface area contributed by atoms with Crippen molar-refractivity contribution in [3.8, 4) is 16.9 Å². The molecule has 154 valence electrons. The standard InChI is InChI=1S/C22H27N3O3S/c1-4-29(27,23-2)14-16-7-8-20(28-13-15-5-6-15)18(11-16)19-12-25(3)22(26)21-17(19)9-10-24-21/h7-12,15,24H,4-6,13-14H2,1-3H3. The maximum Gasteiger partial charge on any atom is 0.274 e. The summed E-state index contributed by atoms with van der Waals surface area (Å²) in [6, 6.07) is 7.89. The number of fused-ring (bicyclic) bond motifs is 1. The first-order valence-corrected chi connectivity index (χ1v) is 11.8. The summed E-state index contributed by atoms with van der Waals surface area (Å²) in [7, 11) is 1.10. The highest BCUT2D eigenvalue weighted by molar-refractivity contribution is 7.92. The first kappa shape index (κ1) is 19.8. The number of hydrogen-bond donors (Lipinski definition) is 1. The van der Waals surface area contributed by atoms with E-state index in [0.29, 0.717) is 29.5 Å². The molecule has 0 spiro atoms. The Bertz CT molecular complexity index is 1230. The van der Waals surface area contributed by atoms with E-state index in [0.717, 1.165) is 27.8 Å². The zero-order valence-corrected chi connectivity index (χ0v) is 17.9. The van der Waals surface area contributed by atoms with Crippen LogP contribution >= 0.6 is 0 Å². The van der Waals surface area contributed by atoms with Gasteiger partial charge in [0.2, 0.25) is 0 Å². The van der Waals surface area contributed by atoms with Crippen LogP contribution in [0.4, 0.5) is 0 Å². The van der Waals surface area contributed by atoms with E-state index in [9.17, 15) is 9.00 Å². The highest BCUT2D eigenvalue weighted by Gasteiger charge is 2.23. The molecule has 0 saturated heterocycles. The number of pyridine rings is 1. The molecule has 4 rings (SSSR count). The van der Waals surface area contributed by atoms with E-state index in [1.807, 2.05) is 37.4 Å². The second-order valence-corrected chi connectivity index (χ2v) is 10.5. The van der Waals surface area contributed by atoms with Crippen LogP contribution in [0.3, 0.4) is 0 Å². The number of benzene rings is 1. The SMILES string of the molecule is CCS(=O)(Cc1ccc(OCC2CC2)c(-c2cn(C)c(=O)c3[nH]ccc23)c1)=NC. The predicted molar refractivity (Wildman–Crippen MR) is 118 cm³/mol. The summed E-state index contributed by atoms with van der Waals surface area (Å²) in [4.78, 5) is 15.5. The van der Waals surface area contributed by atoms with Gasteiger partial charge in [0.1, 0.15) is 11.3 Å². The molecule has 1 fully saturated rings. The number of rotatable bonds is 7. The minimum absolute atomic E-state index is 0.0656. The van der Waals surface area contributed by atoms with E-state index in [1.165, 1.54) is 12.8 Å². The Labute approximate surface area is 171 Å². The largest absolute Gasteiger partial charge is 0.493 e. The van der Waals surface area contributed by atoms with Gasteiger partial charge >= 0.3 is 0 Å². The van der Waals surface area contributed by atoms with Crippen LogP contribution in [0.1, 0.15) is 25.3 Å². The highest BCUT2D eigenvalue weighted by Crippen LogP contribution is 2.37. The molecular formula is C22H27N3O3S. The van der Waals surface area contributed by atoms with Gasteiger partial charge in [0.05, 0.1) is 22.1 Å². The Balaban J connectivity index is 1.86. The summed E-state index contributed by atoms with van der Waals surface area (Å²) >= 11 is 0. The lowest BCUT2D eigenvalue weighted by atomic mass is 10.0. The Morgan fingerprint density at radius 2 is 2.07 bits per heavy atom. The molecule has 2 aromatic heterocycles. The van der Waals surface area contributed by atoms with Crippen LogP contribution in [-0.2, 0) is 22.5 Å².